The van der Waals surface area contributed by atoms with Gasteiger partial charge in [0, 0.05) is 24.0 Å². The van der Waals surface area contributed by atoms with E-state index in [1.54, 1.807) is 28.4 Å². The number of aryl methyl sites for hydroxylation is 3. The van der Waals surface area contributed by atoms with Gasteiger partial charge in [-0.1, -0.05) is 0 Å². The molecule has 3 heterocycles. The van der Waals surface area contributed by atoms with Gasteiger partial charge in [-0.05, 0) is 52.0 Å². The van der Waals surface area contributed by atoms with Crippen molar-refractivity contribution in [2.45, 2.75) is 65.0 Å². The van der Waals surface area contributed by atoms with Gasteiger partial charge in [0.25, 0.3) is 5.56 Å². The topological polar surface area (TPSA) is 81.8 Å². The number of thiophene rings is 1. The van der Waals surface area contributed by atoms with Gasteiger partial charge in [0.2, 0.25) is 5.91 Å². The van der Waals surface area contributed by atoms with E-state index >= 15 is 0 Å². The summed E-state index contributed by atoms with van der Waals surface area (Å²) in [4.78, 5) is 31.9. The van der Waals surface area contributed by atoms with Crippen molar-refractivity contribution >= 4 is 33.1 Å². The van der Waals surface area contributed by atoms with Crippen LogP contribution in [0.1, 0.15) is 50.5 Å². The van der Waals surface area contributed by atoms with E-state index in [4.69, 9.17) is 0 Å². The van der Waals surface area contributed by atoms with Gasteiger partial charge >= 0.3 is 0 Å². The fraction of sp³-hybridized carbons (Fsp3) is 0.500. The summed E-state index contributed by atoms with van der Waals surface area (Å²) >= 11 is 1.64. The molecule has 0 aliphatic heterocycles. The number of anilines is 1. The first-order valence-corrected chi connectivity index (χ1v) is 10.5. The fourth-order valence-electron chi connectivity index (χ4n) is 3.54. The van der Waals surface area contributed by atoms with Crippen molar-refractivity contribution in [3.05, 3.63) is 39.5 Å². The van der Waals surface area contributed by atoms with Crippen LogP contribution < -0.4 is 10.9 Å². The van der Waals surface area contributed by atoms with E-state index in [-0.39, 0.29) is 23.4 Å². The zero-order chi connectivity index (χ0) is 19.9. The minimum Gasteiger partial charge on any atom is -0.323 e. The maximum Gasteiger partial charge on any atom is 0.262 e. The monoisotopic (exact) mass is 399 g/mol. The largest absolute Gasteiger partial charge is 0.323 e. The van der Waals surface area contributed by atoms with Gasteiger partial charge in [-0.2, -0.15) is 5.10 Å². The second-order valence-corrected chi connectivity index (χ2v) is 9.36. The van der Waals surface area contributed by atoms with Crippen molar-refractivity contribution in [3.8, 4) is 0 Å². The van der Waals surface area contributed by atoms with E-state index < -0.39 is 0 Å². The highest BCUT2D eigenvalue weighted by molar-refractivity contribution is 7.18. The number of carbonyl (C=O) groups is 1. The second-order valence-electron chi connectivity index (χ2n) is 8.28. The molecule has 0 bridgehead atoms. The molecular weight excluding hydrogens is 374 g/mol. The molecular formula is C20H25N5O2S. The number of amides is 1. The Morgan fingerprint density at radius 3 is 2.82 bits per heavy atom. The minimum absolute atomic E-state index is 0.0299. The lowest BCUT2D eigenvalue weighted by Crippen LogP contribution is -2.24. The lowest BCUT2D eigenvalue weighted by atomic mass is 9.97. The predicted molar refractivity (Wildman–Crippen MR) is 111 cm³/mol. The molecule has 0 saturated carbocycles. The number of nitrogens with zero attached hydrogens (tertiary/aromatic N) is 4. The zero-order valence-electron chi connectivity index (χ0n) is 16.5. The van der Waals surface area contributed by atoms with Crippen LogP contribution in [0.2, 0.25) is 0 Å². The van der Waals surface area contributed by atoms with E-state index in [1.165, 1.54) is 16.9 Å². The first-order chi connectivity index (χ1) is 13.3. The average molecular weight is 400 g/mol. The third kappa shape index (κ3) is 3.61. The summed E-state index contributed by atoms with van der Waals surface area (Å²) in [6, 6.07) is 0. The Kier molecular flexibility index (Phi) is 4.82. The Morgan fingerprint density at radius 2 is 2.07 bits per heavy atom. The summed E-state index contributed by atoms with van der Waals surface area (Å²) in [7, 11) is 0. The van der Waals surface area contributed by atoms with Crippen molar-refractivity contribution in [1.82, 2.24) is 19.3 Å². The number of aromatic nitrogens is 4. The molecule has 0 saturated heterocycles. The third-order valence-corrected chi connectivity index (χ3v) is 6.28. The molecule has 7 nitrogen and oxygen atoms in total. The van der Waals surface area contributed by atoms with Crippen molar-refractivity contribution in [2.24, 2.45) is 0 Å². The molecule has 0 atom stereocenters. The molecule has 0 fully saturated rings. The lowest BCUT2D eigenvalue weighted by Gasteiger charge is -2.18. The lowest BCUT2D eigenvalue weighted by molar-refractivity contribution is -0.116. The van der Waals surface area contributed by atoms with Gasteiger partial charge in [0.15, 0.2) is 0 Å². The molecule has 1 N–H and O–H groups in total. The van der Waals surface area contributed by atoms with Crippen molar-refractivity contribution in [2.75, 3.05) is 5.32 Å². The Bertz CT molecular complexity index is 1090. The van der Waals surface area contributed by atoms with Crippen molar-refractivity contribution < 1.29 is 4.79 Å². The maximum absolute atomic E-state index is 12.9. The molecule has 0 aromatic carbocycles. The SMILES string of the molecule is CC(C)(C)n1cc(NC(=O)CCn2cnc3sc4c(c3c2=O)CCCC4)cn1. The molecule has 1 aliphatic rings. The molecule has 4 rings (SSSR count). The number of fused-ring (bicyclic) bond motifs is 3. The normalized spacial score (nSPS) is 14.2. The van der Waals surface area contributed by atoms with E-state index in [2.05, 4.69) is 15.4 Å². The van der Waals surface area contributed by atoms with Crippen LogP contribution in [0.4, 0.5) is 5.69 Å². The number of hydrogen-bond acceptors (Lipinski definition) is 5. The van der Waals surface area contributed by atoms with Gasteiger partial charge in [-0.15, -0.1) is 11.3 Å². The van der Waals surface area contributed by atoms with Crippen LogP contribution in [0.5, 0.6) is 0 Å². The second kappa shape index (κ2) is 7.16. The van der Waals surface area contributed by atoms with Gasteiger partial charge in [-0.3, -0.25) is 18.8 Å². The highest BCUT2D eigenvalue weighted by Gasteiger charge is 2.20. The van der Waals surface area contributed by atoms with Crippen molar-refractivity contribution in [3.63, 3.8) is 0 Å². The zero-order valence-corrected chi connectivity index (χ0v) is 17.3. The first kappa shape index (κ1) is 18.9. The van der Waals surface area contributed by atoms with Gasteiger partial charge in [0.05, 0.1) is 29.1 Å². The Labute approximate surface area is 167 Å². The maximum atomic E-state index is 12.9. The van der Waals surface area contributed by atoms with Crippen LogP contribution in [0, 0.1) is 0 Å². The standard InChI is InChI=1S/C20H25N5O2S/c1-20(2,3)25-11-13(10-22-25)23-16(26)8-9-24-12-21-18-17(19(24)27)14-6-4-5-7-15(14)28-18/h10-12H,4-9H2,1-3H3,(H,23,26). The average Bonchev–Trinajstić information content (AvgIpc) is 3.25. The Hall–Kier alpha value is -2.48. The van der Waals surface area contributed by atoms with Gasteiger partial charge in [0.1, 0.15) is 4.83 Å². The summed E-state index contributed by atoms with van der Waals surface area (Å²) in [5, 5.41) is 7.89. The van der Waals surface area contributed by atoms with E-state index in [9.17, 15) is 9.59 Å². The summed E-state index contributed by atoms with van der Waals surface area (Å²) in [6.45, 7) is 6.45. The summed E-state index contributed by atoms with van der Waals surface area (Å²) in [6.07, 6.45) is 9.53. The van der Waals surface area contributed by atoms with Crippen LogP contribution in [0.3, 0.4) is 0 Å². The number of nitrogens with one attached hydrogen (secondary N) is 1. The molecule has 3 aromatic rings. The van der Waals surface area contributed by atoms with E-state index in [0.717, 1.165) is 29.5 Å². The summed E-state index contributed by atoms with van der Waals surface area (Å²) in [5.41, 5.74) is 1.67. The quantitative estimate of drug-likeness (QED) is 0.730. The minimum atomic E-state index is -0.146. The molecule has 0 radical (unpaired) electrons. The molecule has 0 spiro atoms. The van der Waals surface area contributed by atoms with Gasteiger partial charge in [-0.25, -0.2) is 4.98 Å². The first-order valence-electron chi connectivity index (χ1n) is 9.67. The molecule has 1 aliphatic carbocycles. The molecule has 3 aromatic heterocycles. The molecule has 8 heteroatoms. The Balaban J connectivity index is 1.47. The van der Waals surface area contributed by atoms with Crippen LogP contribution in [0.25, 0.3) is 10.2 Å². The highest BCUT2D eigenvalue weighted by Crippen LogP contribution is 2.33. The van der Waals surface area contributed by atoms with Crippen LogP contribution in [-0.2, 0) is 29.7 Å². The molecule has 0 unspecified atom stereocenters. The van der Waals surface area contributed by atoms with Crippen LogP contribution in [-0.4, -0.2) is 25.2 Å². The molecule has 1 amide bonds. The molecule has 148 valence electrons. The summed E-state index contributed by atoms with van der Waals surface area (Å²) in [5.74, 6) is -0.146. The van der Waals surface area contributed by atoms with E-state index in [1.807, 2.05) is 31.6 Å². The third-order valence-electron chi connectivity index (χ3n) is 5.08. The Morgan fingerprint density at radius 1 is 1.29 bits per heavy atom. The predicted octanol–water partition coefficient (Wildman–Crippen LogP) is 3.32. The fourth-order valence-corrected chi connectivity index (χ4v) is 4.76. The van der Waals surface area contributed by atoms with E-state index in [0.29, 0.717) is 12.2 Å². The number of hydrogen-bond donors (Lipinski definition) is 1. The molecule has 28 heavy (non-hydrogen) atoms. The highest BCUT2D eigenvalue weighted by atomic mass is 32.1. The van der Waals surface area contributed by atoms with Gasteiger partial charge < -0.3 is 5.32 Å². The van der Waals surface area contributed by atoms with Crippen LogP contribution >= 0.6 is 11.3 Å². The van der Waals surface area contributed by atoms with Crippen LogP contribution in [0.15, 0.2) is 23.5 Å². The number of carbonyl (C=O) groups excluding carboxylic acids is 1. The number of rotatable bonds is 4. The van der Waals surface area contributed by atoms with Crippen molar-refractivity contribution in [1.29, 1.82) is 0 Å². The summed E-state index contributed by atoms with van der Waals surface area (Å²) < 4.78 is 3.37. The smallest absolute Gasteiger partial charge is 0.262 e.